The lowest BCUT2D eigenvalue weighted by molar-refractivity contribution is -0.119. The molecule has 0 saturated carbocycles. The van der Waals surface area contributed by atoms with Gasteiger partial charge in [0.05, 0.1) is 10.6 Å². The molecule has 4 rings (SSSR count). The average Bonchev–Trinajstić information content (AvgIpc) is 2.65. The van der Waals surface area contributed by atoms with Gasteiger partial charge in [0.25, 0.3) is 0 Å². The number of hydrogen-bond donors (Lipinski definition) is 1. The van der Waals surface area contributed by atoms with Gasteiger partial charge in [0.1, 0.15) is 0 Å². The van der Waals surface area contributed by atoms with Gasteiger partial charge in [0, 0.05) is 19.0 Å². The molecule has 2 aliphatic rings. The van der Waals surface area contributed by atoms with Crippen LogP contribution in [0.1, 0.15) is 42.5 Å². The highest BCUT2D eigenvalue weighted by Crippen LogP contribution is 2.37. The average molecular weight is 370 g/mol. The molecule has 136 valence electrons. The van der Waals surface area contributed by atoms with E-state index < -0.39 is 10.0 Å². The SMILES string of the molecule is C[C@@H](NS(=O)(=O)c1cc2c3c(c1)CCC(=O)N3CCC2)c1ccccc1. The Morgan fingerprint density at radius 1 is 1.04 bits per heavy atom. The highest BCUT2D eigenvalue weighted by molar-refractivity contribution is 7.89. The number of nitrogens with one attached hydrogen (secondary N) is 1. The second-order valence-corrected chi connectivity index (χ2v) is 8.71. The molecule has 2 aromatic carbocycles. The second-order valence-electron chi connectivity index (χ2n) is 6.99. The van der Waals surface area contributed by atoms with Crippen molar-refractivity contribution in [2.24, 2.45) is 0 Å². The molecule has 0 bridgehead atoms. The summed E-state index contributed by atoms with van der Waals surface area (Å²) in [5, 5.41) is 0. The van der Waals surface area contributed by atoms with E-state index >= 15 is 0 Å². The molecule has 0 radical (unpaired) electrons. The van der Waals surface area contributed by atoms with Crippen molar-refractivity contribution >= 4 is 21.6 Å². The second kappa shape index (κ2) is 6.52. The van der Waals surface area contributed by atoms with Crippen LogP contribution >= 0.6 is 0 Å². The van der Waals surface area contributed by atoms with Gasteiger partial charge in [-0.1, -0.05) is 30.3 Å². The predicted molar refractivity (Wildman–Crippen MR) is 101 cm³/mol. The van der Waals surface area contributed by atoms with E-state index in [1.807, 2.05) is 42.2 Å². The zero-order valence-electron chi connectivity index (χ0n) is 14.7. The first-order valence-electron chi connectivity index (χ1n) is 8.99. The highest BCUT2D eigenvalue weighted by atomic mass is 32.2. The van der Waals surface area contributed by atoms with E-state index in [0.717, 1.165) is 41.8 Å². The number of anilines is 1. The molecule has 1 atom stereocenters. The van der Waals surface area contributed by atoms with Gasteiger partial charge in [-0.25, -0.2) is 13.1 Å². The zero-order chi connectivity index (χ0) is 18.3. The van der Waals surface area contributed by atoms with Crippen LogP contribution in [-0.4, -0.2) is 20.9 Å². The van der Waals surface area contributed by atoms with Crippen molar-refractivity contribution in [2.45, 2.75) is 43.5 Å². The number of aryl methyl sites for hydroxylation is 2. The van der Waals surface area contributed by atoms with E-state index in [9.17, 15) is 13.2 Å². The van der Waals surface area contributed by atoms with Crippen molar-refractivity contribution in [1.29, 1.82) is 0 Å². The maximum absolute atomic E-state index is 12.9. The number of sulfonamides is 1. The predicted octanol–water partition coefficient (Wildman–Crippen LogP) is 2.95. The van der Waals surface area contributed by atoms with Crippen molar-refractivity contribution in [3.8, 4) is 0 Å². The summed E-state index contributed by atoms with van der Waals surface area (Å²) >= 11 is 0. The van der Waals surface area contributed by atoms with Crippen molar-refractivity contribution < 1.29 is 13.2 Å². The summed E-state index contributed by atoms with van der Waals surface area (Å²) in [6.07, 6.45) is 2.73. The number of carbonyl (C=O) groups excluding carboxylic acids is 1. The van der Waals surface area contributed by atoms with Crippen LogP contribution in [0.4, 0.5) is 5.69 Å². The molecule has 5 nitrogen and oxygen atoms in total. The molecule has 1 amide bonds. The molecule has 6 heteroatoms. The molecule has 2 heterocycles. The van der Waals surface area contributed by atoms with Crippen molar-refractivity contribution in [2.75, 3.05) is 11.4 Å². The minimum atomic E-state index is -3.63. The Bertz CT molecular complexity index is 937. The first kappa shape index (κ1) is 17.2. The first-order chi connectivity index (χ1) is 12.5. The van der Waals surface area contributed by atoms with Crippen LogP contribution in [0.25, 0.3) is 0 Å². The van der Waals surface area contributed by atoms with Crippen molar-refractivity contribution in [3.63, 3.8) is 0 Å². The Kier molecular flexibility index (Phi) is 4.32. The van der Waals surface area contributed by atoms with Gasteiger partial charge in [-0.15, -0.1) is 0 Å². The lowest BCUT2D eigenvalue weighted by Crippen LogP contribution is -2.39. The molecule has 26 heavy (non-hydrogen) atoms. The minimum Gasteiger partial charge on any atom is -0.312 e. The van der Waals surface area contributed by atoms with E-state index in [-0.39, 0.29) is 11.9 Å². The largest absolute Gasteiger partial charge is 0.312 e. The molecule has 2 aliphatic heterocycles. The maximum Gasteiger partial charge on any atom is 0.241 e. The smallest absolute Gasteiger partial charge is 0.241 e. The number of benzene rings is 2. The van der Waals surface area contributed by atoms with Crippen LogP contribution in [-0.2, 0) is 27.7 Å². The van der Waals surface area contributed by atoms with Crippen LogP contribution in [0.2, 0.25) is 0 Å². The quantitative estimate of drug-likeness (QED) is 0.900. The van der Waals surface area contributed by atoms with E-state index in [0.29, 0.717) is 17.7 Å². The lowest BCUT2D eigenvalue weighted by atomic mass is 9.92. The molecule has 2 aromatic rings. The number of nitrogens with zero attached hydrogens (tertiary/aromatic N) is 1. The van der Waals surface area contributed by atoms with Crippen LogP contribution in [0.3, 0.4) is 0 Å². The fraction of sp³-hybridized carbons (Fsp3) is 0.350. The van der Waals surface area contributed by atoms with Gasteiger partial charge >= 0.3 is 0 Å². The number of rotatable bonds is 4. The topological polar surface area (TPSA) is 66.5 Å². The molecule has 0 aliphatic carbocycles. The molecule has 1 N–H and O–H groups in total. The molecule has 0 spiro atoms. The van der Waals surface area contributed by atoms with Crippen LogP contribution < -0.4 is 9.62 Å². The van der Waals surface area contributed by atoms with E-state index in [2.05, 4.69) is 4.72 Å². The summed E-state index contributed by atoms with van der Waals surface area (Å²) in [6.45, 7) is 2.57. The standard InChI is InChI=1S/C20H22N2O3S/c1-14(15-6-3-2-4-7-15)21-26(24,25)18-12-16-8-5-11-22-19(23)10-9-17(13-18)20(16)22/h2-4,6-7,12-14,21H,5,8-11H2,1H3/t14-/m1/s1. The number of amides is 1. The molecule has 0 fully saturated rings. The van der Waals surface area contributed by atoms with Crippen molar-refractivity contribution in [1.82, 2.24) is 4.72 Å². The Morgan fingerprint density at radius 2 is 1.73 bits per heavy atom. The number of carbonyl (C=O) groups is 1. The monoisotopic (exact) mass is 370 g/mol. The lowest BCUT2D eigenvalue weighted by Gasteiger charge is -2.35. The summed E-state index contributed by atoms with van der Waals surface area (Å²) in [4.78, 5) is 14.3. The van der Waals surface area contributed by atoms with Gasteiger partial charge in [0.15, 0.2) is 0 Å². The van der Waals surface area contributed by atoms with Crippen molar-refractivity contribution in [3.05, 3.63) is 59.2 Å². The van der Waals surface area contributed by atoms with E-state index in [1.54, 1.807) is 12.1 Å². The Labute approximate surface area is 154 Å². The fourth-order valence-electron chi connectivity index (χ4n) is 3.89. The summed E-state index contributed by atoms with van der Waals surface area (Å²) in [6, 6.07) is 12.7. The van der Waals surface area contributed by atoms with Crippen LogP contribution in [0, 0.1) is 0 Å². The summed E-state index contributed by atoms with van der Waals surface area (Å²) in [7, 11) is -3.63. The summed E-state index contributed by atoms with van der Waals surface area (Å²) in [5.41, 5.74) is 3.80. The molecular formula is C20H22N2O3S. The third-order valence-corrected chi connectivity index (χ3v) is 6.71. The van der Waals surface area contributed by atoms with Gasteiger partial charge in [0.2, 0.25) is 15.9 Å². The maximum atomic E-state index is 12.9. The Hall–Kier alpha value is -2.18. The Balaban J connectivity index is 1.69. The molecule has 0 aromatic heterocycles. The van der Waals surface area contributed by atoms with Gasteiger partial charge in [-0.3, -0.25) is 4.79 Å². The first-order valence-corrected chi connectivity index (χ1v) is 10.5. The minimum absolute atomic E-state index is 0.143. The van der Waals surface area contributed by atoms with Crippen LogP contribution in [0.5, 0.6) is 0 Å². The van der Waals surface area contributed by atoms with Gasteiger partial charge in [-0.05, 0) is 55.0 Å². The molecule has 0 unspecified atom stereocenters. The molecule has 0 saturated heterocycles. The molecular weight excluding hydrogens is 348 g/mol. The van der Waals surface area contributed by atoms with Crippen LogP contribution in [0.15, 0.2) is 47.4 Å². The fourth-order valence-corrected chi connectivity index (χ4v) is 5.22. The van der Waals surface area contributed by atoms with Gasteiger partial charge < -0.3 is 4.90 Å². The third-order valence-electron chi connectivity index (χ3n) is 5.19. The number of hydrogen-bond acceptors (Lipinski definition) is 3. The zero-order valence-corrected chi connectivity index (χ0v) is 15.6. The Morgan fingerprint density at radius 3 is 2.46 bits per heavy atom. The van der Waals surface area contributed by atoms with E-state index in [1.165, 1.54) is 0 Å². The summed E-state index contributed by atoms with van der Waals surface area (Å²) < 4.78 is 28.7. The highest BCUT2D eigenvalue weighted by Gasteiger charge is 2.31. The van der Waals surface area contributed by atoms with E-state index in [4.69, 9.17) is 0 Å². The normalized spacial score (nSPS) is 17.7. The third kappa shape index (κ3) is 3.04. The summed E-state index contributed by atoms with van der Waals surface area (Å²) in [5.74, 6) is 0.143. The van der Waals surface area contributed by atoms with Gasteiger partial charge in [-0.2, -0.15) is 0 Å².